The number of benzene rings is 2. The van der Waals surface area contributed by atoms with Gasteiger partial charge in [-0.05, 0) is 61.6 Å². The van der Waals surface area contributed by atoms with E-state index in [1.165, 1.54) is 23.5 Å². The lowest BCUT2D eigenvalue weighted by Gasteiger charge is -2.21. The van der Waals surface area contributed by atoms with Crippen LogP contribution in [0.25, 0.3) is 5.69 Å². The number of hydrogen-bond acceptors (Lipinski definition) is 4. The van der Waals surface area contributed by atoms with Crippen molar-refractivity contribution in [1.29, 1.82) is 0 Å². The minimum absolute atomic E-state index is 0.00934. The van der Waals surface area contributed by atoms with Crippen LogP contribution in [0.5, 0.6) is 0 Å². The molecule has 0 radical (unpaired) electrons. The van der Waals surface area contributed by atoms with Crippen molar-refractivity contribution >= 4 is 35.1 Å². The highest BCUT2D eigenvalue weighted by atomic mass is 32.2. The molecule has 1 aliphatic rings. The molecule has 1 saturated heterocycles. The van der Waals surface area contributed by atoms with Gasteiger partial charge < -0.3 is 5.32 Å². The van der Waals surface area contributed by atoms with Crippen molar-refractivity contribution in [3.63, 3.8) is 0 Å². The molecule has 1 aromatic heterocycles. The van der Waals surface area contributed by atoms with Crippen molar-refractivity contribution in [3.8, 4) is 5.69 Å². The molecule has 150 valence electrons. The largest absolute Gasteiger partial charge is 0.326 e. The Labute approximate surface area is 180 Å². The topological polar surface area (TPSA) is 46.9 Å². The van der Waals surface area contributed by atoms with Crippen LogP contribution in [0.1, 0.15) is 33.5 Å². The summed E-state index contributed by atoms with van der Waals surface area (Å²) in [5, 5.41) is 7.73. The van der Waals surface area contributed by atoms with E-state index in [2.05, 4.69) is 22.5 Å². The van der Waals surface area contributed by atoms with Crippen molar-refractivity contribution in [2.75, 3.05) is 16.8 Å². The molecule has 4 rings (SSSR count). The monoisotopic (exact) mass is 423 g/mol. The first-order valence-corrected chi connectivity index (χ1v) is 11.9. The maximum atomic E-state index is 12.8. The van der Waals surface area contributed by atoms with Gasteiger partial charge in [-0.15, -0.1) is 23.5 Å². The van der Waals surface area contributed by atoms with Crippen LogP contribution >= 0.6 is 23.5 Å². The highest BCUT2D eigenvalue weighted by molar-refractivity contribution is 8.16. The van der Waals surface area contributed by atoms with Crippen LogP contribution in [0.4, 0.5) is 5.69 Å². The predicted octanol–water partition coefficient (Wildman–Crippen LogP) is 5.54. The molecule has 0 unspecified atom stereocenters. The number of anilines is 1. The van der Waals surface area contributed by atoms with Crippen LogP contribution in [-0.2, 0) is 11.2 Å². The van der Waals surface area contributed by atoms with E-state index in [0.717, 1.165) is 28.3 Å². The van der Waals surface area contributed by atoms with E-state index in [0.29, 0.717) is 11.0 Å². The molecule has 2 heterocycles. The van der Waals surface area contributed by atoms with Crippen molar-refractivity contribution in [2.45, 2.75) is 31.3 Å². The zero-order valence-electron chi connectivity index (χ0n) is 16.7. The second kappa shape index (κ2) is 9.09. The summed E-state index contributed by atoms with van der Waals surface area (Å²) in [5.74, 6) is 2.40. The summed E-state index contributed by atoms with van der Waals surface area (Å²) < 4.78 is 2.38. The smallest absolute Gasteiger partial charge is 0.228 e. The highest BCUT2D eigenvalue weighted by Crippen LogP contribution is 2.44. The lowest BCUT2D eigenvalue weighted by atomic mass is 10.1. The second-order valence-corrected chi connectivity index (χ2v) is 9.90. The number of thioether (sulfide) groups is 2. The van der Waals surface area contributed by atoms with Gasteiger partial charge in [0.2, 0.25) is 5.91 Å². The molecule has 0 aliphatic carbocycles. The van der Waals surface area contributed by atoms with Crippen LogP contribution < -0.4 is 5.32 Å². The molecule has 0 spiro atoms. The maximum absolute atomic E-state index is 12.8. The van der Waals surface area contributed by atoms with Crippen LogP contribution in [0, 0.1) is 13.8 Å². The first kappa shape index (κ1) is 20.1. The van der Waals surface area contributed by atoms with Gasteiger partial charge in [-0.25, -0.2) is 4.68 Å². The molecule has 1 N–H and O–H groups in total. The summed E-state index contributed by atoms with van der Waals surface area (Å²) in [4.78, 5) is 12.8. The first-order valence-electron chi connectivity index (χ1n) is 9.85. The number of rotatable bonds is 5. The second-order valence-electron chi connectivity index (χ2n) is 7.17. The van der Waals surface area contributed by atoms with E-state index in [1.807, 2.05) is 84.5 Å². The fourth-order valence-electron chi connectivity index (χ4n) is 3.56. The highest BCUT2D eigenvalue weighted by Gasteiger charge is 2.18. The van der Waals surface area contributed by atoms with Crippen LogP contribution in [-0.4, -0.2) is 27.2 Å². The number of para-hydroxylation sites is 1. The fraction of sp³-hybridized carbons (Fsp3) is 0.304. The van der Waals surface area contributed by atoms with E-state index in [-0.39, 0.29) is 5.91 Å². The average molecular weight is 424 g/mol. The van der Waals surface area contributed by atoms with Gasteiger partial charge in [0.05, 0.1) is 22.4 Å². The van der Waals surface area contributed by atoms with Gasteiger partial charge in [-0.1, -0.05) is 30.3 Å². The zero-order chi connectivity index (χ0) is 20.2. The lowest BCUT2D eigenvalue weighted by molar-refractivity contribution is -0.115. The van der Waals surface area contributed by atoms with E-state index >= 15 is 0 Å². The third-order valence-corrected chi connectivity index (χ3v) is 8.06. The number of carbonyl (C=O) groups excluding carboxylic acids is 1. The van der Waals surface area contributed by atoms with Crippen molar-refractivity contribution in [2.24, 2.45) is 0 Å². The van der Waals surface area contributed by atoms with E-state index in [4.69, 9.17) is 0 Å². The Morgan fingerprint density at radius 2 is 1.86 bits per heavy atom. The molecule has 4 nitrogen and oxygen atoms in total. The van der Waals surface area contributed by atoms with Gasteiger partial charge in [0, 0.05) is 16.9 Å². The SMILES string of the molecule is Cc1nn(-c2ccccc2)c(C)c1CC(=O)Nc1cccc(C2SCCCS2)c1. The molecule has 0 bridgehead atoms. The minimum atomic E-state index is -0.00934. The normalized spacial score (nSPS) is 14.7. The van der Waals surface area contributed by atoms with Gasteiger partial charge >= 0.3 is 0 Å². The number of carbonyl (C=O) groups is 1. The summed E-state index contributed by atoms with van der Waals surface area (Å²) in [6, 6.07) is 18.3. The third-order valence-electron chi connectivity index (χ3n) is 5.05. The van der Waals surface area contributed by atoms with Crippen molar-refractivity contribution < 1.29 is 4.79 Å². The molecule has 6 heteroatoms. The predicted molar refractivity (Wildman–Crippen MR) is 124 cm³/mol. The van der Waals surface area contributed by atoms with Gasteiger partial charge in [0.1, 0.15) is 0 Å². The number of nitrogens with one attached hydrogen (secondary N) is 1. The molecule has 1 aliphatic heterocycles. The van der Waals surface area contributed by atoms with Crippen LogP contribution in [0.3, 0.4) is 0 Å². The van der Waals surface area contributed by atoms with Gasteiger partial charge in [-0.2, -0.15) is 5.10 Å². The Balaban J connectivity index is 1.47. The van der Waals surface area contributed by atoms with Crippen LogP contribution in [0.2, 0.25) is 0 Å². The summed E-state index contributed by atoms with van der Waals surface area (Å²) in [7, 11) is 0. The summed E-state index contributed by atoms with van der Waals surface area (Å²) in [6.45, 7) is 3.99. The number of nitrogens with zero attached hydrogens (tertiary/aromatic N) is 2. The number of hydrogen-bond donors (Lipinski definition) is 1. The quantitative estimate of drug-likeness (QED) is 0.585. The Hall–Kier alpha value is -2.18. The molecule has 29 heavy (non-hydrogen) atoms. The number of amides is 1. The minimum Gasteiger partial charge on any atom is -0.326 e. The zero-order valence-corrected chi connectivity index (χ0v) is 18.4. The fourth-order valence-corrected chi connectivity index (χ4v) is 6.43. The molecule has 1 fully saturated rings. The molecule has 0 atom stereocenters. The van der Waals surface area contributed by atoms with Crippen molar-refractivity contribution in [3.05, 3.63) is 77.1 Å². The summed E-state index contributed by atoms with van der Waals surface area (Å²) >= 11 is 3.98. The molecule has 3 aromatic rings. The average Bonchev–Trinajstić information content (AvgIpc) is 3.03. The molecule has 1 amide bonds. The van der Waals surface area contributed by atoms with Gasteiger partial charge in [0.15, 0.2) is 0 Å². The summed E-state index contributed by atoms with van der Waals surface area (Å²) in [6.07, 6.45) is 1.60. The number of aryl methyl sites for hydroxylation is 1. The van der Waals surface area contributed by atoms with E-state index in [1.54, 1.807) is 0 Å². The van der Waals surface area contributed by atoms with E-state index < -0.39 is 0 Å². The molecular formula is C23H25N3OS2. The summed E-state index contributed by atoms with van der Waals surface area (Å²) in [5.41, 5.74) is 6.04. The Morgan fingerprint density at radius 3 is 2.62 bits per heavy atom. The standard InChI is InChI=1S/C23H25N3OS2/c1-16-21(17(2)26(25-16)20-10-4-3-5-11-20)15-22(27)24-19-9-6-8-18(14-19)23-28-12-7-13-29-23/h3-6,8-11,14,23H,7,12-13,15H2,1-2H3,(H,24,27). The van der Waals surface area contributed by atoms with Gasteiger partial charge in [0.25, 0.3) is 0 Å². The molecule has 2 aromatic carbocycles. The maximum Gasteiger partial charge on any atom is 0.228 e. The van der Waals surface area contributed by atoms with E-state index in [9.17, 15) is 4.79 Å². The van der Waals surface area contributed by atoms with Crippen LogP contribution in [0.15, 0.2) is 54.6 Å². The molecular weight excluding hydrogens is 398 g/mol. The van der Waals surface area contributed by atoms with Gasteiger partial charge in [-0.3, -0.25) is 4.79 Å². The lowest BCUT2D eigenvalue weighted by Crippen LogP contribution is -2.15. The Kier molecular flexibility index (Phi) is 6.31. The number of aromatic nitrogens is 2. The molecule has 0 saturated carbocycles. The van der Waals surface area contributed by atoms with Crippen molar-refractivity contribution in [1.82, 2.24) is 9.78 Å². The Bertz CT molecular complexity index is 995. The Morgan fingerprint density at radius 1 is 1.10 bits per heavy atom. The third kappa shape index (κ3) is 4.70. The first-order chi connectivity index (χ1) is 14.1.